The zero-order valence-corrected chi connectivity index (χ0v) is 12.8. The molecule has 0 aliphatic rings. The topological polar surface area (TPSA) is 64.0 Å². The summed E-state index contributed by atoms with van der Waals surface area (Å²) >= 11 is 0. The average Bonchev–Trinajstić information content (AvgIpc) is 2.62. The minimum Gasteiger partial charge on any atom is -0.346 e. The molecule has 0 atom stereocenters. The summed E-state index contributed by atoms with van der Waals surface area (Å²) in [6.45, 7) is 2.63. The molecule has 1 heterocycles. The lowest BCUT2D eigenvalue weighted by atomic mass is 10.1. The fourth-order valence-corrected chi connectivity index (χ4v) is 2.51. The number of carbonyl (C=O) groups excluding carboxylic acids is 1. The lowest BCUT2D eigenvalue weighted by Gasteiger charge is -2.10. The van der Waals surface area contributed by atoms with Gasteiger partial charge >= 0.3 is 0 Å². The first-order chi connectivity index (χ1) is 11.2. The smallest absolute Gasteiger partial charge is 0.274 e. The predicted octanol–water partition coefficient (Wildman–Crippen LogP) is 2.35. The van der Waals surface area contributed by atoms with Crippen LogP contribution in [0.5, 0.6) is 0 Å². The Balaban J connectivity index is 1.93. The minimum absolute atomic E-state index is 0.110. The molecular formula is C18H17N3O2. The molecule has 2 aromatic carbocycles. The second-order valence-corrected chi connectivity index (χ2v) is 5.16. The van der Waals surface area contributed by atoms with Crippen molar-refractivity contribution in [2.24, 2.45) is 0 Å². The standard InChI is InChI=1S/C18H17N3O2/c1-2-21-18(23)15-11-7-6-10-14(15)16(20-21)12-19-17(22)13-8-4-3-5-9-13/h3-11H,2,12H2,1H3,(H,19,22). The summed E-state index contributed by atoms with van der Waals surface area (Å²) in [7, 11) is 0. The maximum atomic E-state index is 12.3. The van der Waals surface area contributed by atoms with E-state index >= 15 is 0 Å². The van der Waals surface area contributed by atoms with E-state index in [0.29, 0.717) is 23.2 Å². The molecular weight excluding hydrogens is 290 g/mol. The van der Waals surface area contributed by atoms with Gasteiger partial charge in [-0.3, -0.25) is 9.59 Å². The summed E-state index contributed by atoms with van der Waals surface area (Å²) in [6.07, 6.45) is 0. The van der Waals surface area contributed by atoms with E-state index in [-0.39, 0.29) is 18.0 Å². The van der Waals surface area contributed by atoms with Gasteiger partial charge in [0.05, 0.1) is 17.6 Å². The number of hydrogen-bond donors (Lipinski definition) is 1. The zero-order valence-electron chi connectivity index (χ0n) is 12.8. The van der Waals surface area contributed by atoms with Crippen LogP contribution < -0.4 is 10.9 Å². The first kappa shape index (κ1) is 15.0. The van der Waals surface area contributed by atoms with E-state index in [1.165, 1.54) is 4.68 Å². The van der Waals surface area contributed by atoms with E-state index in [2.05, 4.69) is 10.4 Å². The second-order valence-electron chi connectivity index (χ2n) is 5.16. The summed E-state index contributed by atoms with van der Waals surface area (Å²) in [4.78, 5) is 24.5. The van der Waals surface area contributed by atoms with E-state index in [9.17, 15) is 9.59 Å². The number of carbonyl (C=O) groups is 1. The lowest BCUT2D eigenvalue weighted by molar-refractivity contribution is 0.0950. The van der Waals surface area contributed by atoms with Crippen LogP contribution in [0.4, 0.5) is 0 Å². The van der Waals surface area contributed by atoms with Gasteiger partial charge in [0.25, 0.3) is 11.5 Å². The Kier molecular flexibility index (Phi) is 4.19. The largest absolute Gasteiger partial charge is 0.346 e. The molecule has 1 aromatic heterocycles. The summed E-state index contributed by atoms with van der Waals surface area (Å²) in [5.41, 5.74) is 1.17. The fraction of sp³-hybridized carbons (Fsp3) is 0.167. The molecule has 0 bridgehead atoms. The van der Waals surface area contributed by atoms with Crippen molar-refractivity contribution in [2.75, 3.05) is 0 Å². The van der Waals surface area contributed by atoms with Crippen molar-refractivity contribution in [2.45, 2.75) is 20.0 Å². The van der Waals surface area contributed by atoms with Gasteiger partial charge in [-0.2, -0.15) is 5.10 Å². The number of rotatable bonds is 4. The molecule has 3 rings (SSSR count). The van der Waals surface area contributed by atoms with E-state index in [1.807, 2.05) is 43.3 Å². The van der Waals surface area contributed by atoms with Crippen LogP contribution in [0.1, 0.15) is 23.0 Å². The highest BCUT2D eigenvalue weighted by Gasteiger charge is 2.11. The van der Waals surface area contributed by atoms with Crippen molar-refractivity contribution in [1.82, 2.24) is 15.1 Å². The number of aromatic nitrogens is 2. The van der Waals surface area contributed by atoms with Crippen LogP contribution in [0.15, 0.2) is 59.4 Å². The Bertz CT molecular complexity index is 901. The van der Waals surface area contributed by atoms with Gasteiger partial charge in [-0.1, -0.05) is 36.4 Å². The monoisotopic (exact) mass is 307 g/mol. The van der Waals surface area contributed by atoms with Crippen LogP contribution in [0.3, 0.4) is 0 Å². The minimum atomic E-state index is -0.161. The number of nitrogens with one attached hydrogen (secondary N) is 1. The quantitative estimate of drug-likeness (QED) is 0.804. The Morgan fingerprint density at radius 2 is 1.70 bits per heavy atom. The molecule has 0 aliphatic carbocycles. The summed E-state index contributed by atoms with van der Waals surface area (Å²) < 4.78 is 1.42. The Labute approximate surface area is 133 Å². The molecule has 1 amide bonds. The maximum Gasteiger partial charge on any atom is 0.274 e. The Morgan fingerprint density at radius 1 is 1.04 bits per heavy atom. The maximum absolute atomic E-state index is 12.3. The molecule has 0 radical (unpaired) electrons. The van der Waals surface area contributed by atoms with Gasteiger partial charge < -0.3 is 5.32 Å². The van der Waals surface area contributed by atoms with Crippen molar-refractivity contribution in [3.05, 3.63) is 76.2 Å². The van der Waals surface area contributed by atoms with Gasteiger partial charge in [-0.15, -0.1) is 0 Å². The van der Waals surface area contributed by atoms with Gasteiger partial charge in [-0.25, -0.2) is 4.68 Å². The van der Waals surface area contributed by atoms with Gasteiger partial charge in [0, 0.05) is 17.5 Å². The number of hydrogen-bond acceptors (Lipinski definition) is 3. The number of benzene rings is 2. The molecule has 0 aliphatic heterocycles. The van der Waals surface area contributed by atoms with E-state index < -0.39 is 0 Å². The van der Waals surface area contributed by atoms with Crippen molar-refractivity contribution < 1.29 is 4.79 Å². The number of nitrogens with zero attached hydrogens (tertiary/aromatic N) is 2. The van der Waals surface area contributed by atoms with Crippen molar-refractivity contribution in [1.29, 1.82) is 0 Å². The zero-order chi connectivity index (χ0) is 16.2. The van der Waals surface area contributed by atoms with E-state index in [0.717, 1.165) is 5.39 Å². The number of fused-ring (bicyclic) bond motifs is 1. The third-order valence-corrected chi connectivity index (χ3v) is 3.70. The van der Waals surface area contributed by atoms with Gasteiger partial charge in [0.15, 0.2) is 0 Å². The Hall–Kier alpha value is -2.95. The van der Waals surface area contributed by atoms with Crippen molar-refractivity contribution in [3.8, 4) is 0 Å². The normalized spacial score (nSPS) is 10.7. The summed E-state index contributed by atoms with van der Waals surface area (Å²) in [5, 5.41) is 8.63. The average molecular weight is 307 g/mol. The van der Waals surface area contributed by atoms with Crippen LogP contribution >= 0.6 is 0 Å². The van der Waals surface area contributed by atoms with Gasteiger partial charge in [0.2, 0.25) is 0 Å². The highest BCUT2D eigenvalue weighted by atomic mass is 16.1. The predicted molar refractivity (Wildman–Crippen MR) is 89.3 cm³/mol. The first-order valence-electron chi connectivity index (χ1n) is 7.52. The van der Waals surface area contributed by atoms with Crippen LogP contribution in [0, 0.1) is 0 Å². The molecule has 0 unspecified atom stereocenters. The number of aryl methyl sites for hydroxylation is 1. The fourth-order valence-electron chi connectivity index (χ4n) is 2.51. The molecule has 0 fully saturated rings. The first-order valence-corrected chi connectivity index (χ1v) is 7.52. The van der Waals surface area contributed by atoms with Crippen LogP contribution in [0.25, 0.3) is 10.8 Å². The van der Waals surface area contributed by atoms with Crippen LogP contribution in [-0.4, -0.2) is 15.7 Å². The SMILES string of the molecule is CCn1nc(CNC(=O)c2ccccc2)c2ccccc2c1=O. The van der Waals surface area contributed by atoms with Crippen molar-refractivity contribution in [3.63, 3.8) is 0 Å². The molecule has 116 valence electrons. The highest BCUT2D eigenvalue weighted by molar-refractivity contribution is 5.94. The van der Waals surface area contributed by atoms with Crippen LogP contribution in [-0.2, 0) is 13.1 Å². The molecule has 5 nitrogen and oxygen atoms in total. The van der Waals surface area contributed by atoms with Crippen LogP contribution in [0.2, 0.25) is 0 Å². The Morgan fingerprint density at radius 3 is 2.39 bits per heavy atom. The summed E-state index contributed by atoms with van der Waals surface area (Å²) in [6, 6.07) is 16.4. The second kappa shape index (κ2) is 6.44. The third kappa shape index (κ3) is 2.99. The molecule has 5 heteroatoms. The van der Waals surface area contributed by atoms with Gasteiger partial charge in [-0.05, 0) is 25.1 Å². The lowest BCUT2D eigenvalue weighted by Crippen LogP contribution is -2.28. The highest BCUT2D eigenvalue weighted by Crippen LogP contribution is 2.13. The summed E-state index contributed by atoms with van der Waals surface area (Å²) in [5.74, 6) is -0.161. The molecule has 0 saturated carbocycles. The van der Waals surface area contributed by atoms with E-state index in [4.69, 9.17) is 0 Å². The molecule has 0 spiro atoms. The van der Waals surface area contributed by atoms with Gasteiger partial charge in [0.1, 0.15) is 0 Å². The molecule has 3 aromatic rings. The molecule has 23 heavy (non-hydrogen) atoms. The van der Waals surface area contributed by atoms with E-state index in [1.54, 1.807) is 18.2 Å². The molecule has 0 saturated heterocycles. The van der Waals surface area contributed by atoms with Crippen molar-refractivity contribution >= 4 is 16.7 Å². The third-order valence-electron chi connectivity index (χ3n) is 3.70. The number of amides is 1. The molecule has 1 N–H and O–H groups in total.